The first-order chi connectivity index (χ1) is 18.0. The molecule has 190 valence electrons. The van der Waals surface area contributed by atoms with Crippen LogP contribution in [0.1, 0.15) is 30.2 Å². The van der Waals surface area contributed by atoms with Crippen molar-refractivity contribution < 1.29 is 14.3 Å². The predicted molar refractivity (Wildman–Crippen MR) is 150 cm³/mol. The lowest BCUT2D eigenvalue weighted by Gasteiger charge is -2.23. The van der Waals surface area contributed by atoms with Gasteiger partial charge in [0.1, 0.15) is 18.1 Å². The molecule has 9 heteroatoms. The molecule has 3 heterocycles. The molecule has 0 saturated carbocycles. The number of carbonyl (C=O) groups is 2. The second kappa shape index (κ2) is 10.8. The van der Waals surface area contributed by atoms with Crippen LogP contribution in [-0.2, 0) is 9.59 Å². The molecule has 0 bridgehead atoms. The number of thiophene rings is 1. The number of thioether (sulfide) groups is 1. The Labute approximate surface area is 224 Å². The summed E-state index contributed by atoms with van der Waals surface area (Å²) >= 11 is 3.20. The number of hydrogen-bond acceptors (Lipinski definition) is 6. The number of methoxy groups -OCH3 is 1. The summed E-state index contributed by atoms with van der Waals surface area (Å²) in [5, 5.41) is 12.1. The number of ether oxygens (including phenoxy) is 1. The highest BCUT2D eigenvalue weighted by molar-refractivity contribution is 8.00. The number of nitrogens with zero attached hydrogens (tertiary/aromatic N) is 3. The minimum absolute atomic E-state index is 0.0339. The van der Waals surface area contributed by atoms with Gasteiger partial charge in [-0.05, 0) is 60.5 Å². The summed E-state index contributed by atoms with van der Waals surface area (Å²) in [7, 11) is 1.62. The van der Waals surface area contributed by atoms with E-state index in [1.165, 1.54) is 0 Å². The highest BCUT2D eigenvalue weighted by Gasteiger charge is 2.37. The summed E-state index contributed by atoms with van der Waals surface area (Å²) in [4.78, 5) is 28.2. The van der Waals surface area contributed by atoms with Gasteiger partial charge in [0.2, 0.25) is 11.8 Å². The van der Waals surface area contributed by atoms with E-state index >= 15 is 0 Å². The normalized spacial score (nSPS) is 15.4. The Morgan fingerprint density at radius 3 is 2.54 bits per heavy atom. The van der Waals surface area contributed by atoms with E-state index in [9.17, 15) is 9.59 Å². The third kappa shape index (κ3) is 5.14. The number of nitrogens with one attached hydrogen (secondary N) is 1. The number of rotatable bonds is 7. The molecule has 7 nitrogen and oxygen atoms in total. The molecule has 1 unspecified atom stereocenters. The average molecular weight is 533 g/mol. The van der Waals surface area contributed by atoms with E-state index in [1.807, 2.05) is 73.8 Å². The number of amides is 2. The van der Waals surface area contributed by atoms with Gasteiger partial charge in [0.25, 0.3) is 0 Å². The van der Waals surface area contributed by atoms with Crippen LogP contribution in [0.4, 0.5) is 5.82 Å². The van der Waals surface area contributed by atoms with Crippen molar-refractivity contribution in [1.29, 1.82) is 0 Å². The maximum atomic E-state index is 13.6. The van der Waals surface area contributed by atoms with Gasteiger partial charge in [-0.25, -0.2) is 4.68 Å². The van der Waals surface area contributed by atoms with Crippen molar-refractivity contribution in [3.05, 3.63) is 82.6 Å². The fraction of sp³-hybridized carbons (Fsp3) is 0.250. The smallest absolute Gasteiger partial charge is 0.240 e. The van der Waals surface area contributed by atoms with Crippen LogP contribution >= 0.6 is 23.1 Å². The fourth-order valence-corrected chi connectivity index (χ4v) is 6.39. The second-order valence-electron chi connectivity index (χ2n) is 9.01. The van der Waals surface area contributed by atoms with Crippen LogP contribution in [0.5, 0.6) is 5.75 Å². The quantitative estimate of drug-likeness (QED) is 0.349. The van der Waals surface area contributed by atoms with Crippen molar-refractivity contribution in [2.24, 2.45) is 0 Å². The number of benzene rings is 2. The molecular weight excluding hydrogens is 504 g/mol. The maximum Gasteiger partial charge on any atom is 0.240 e. The van der Waals surface area contributed by atoms with Crippen molar-refractivity contribution in [2.45, 2.75) is 25.1 Å². The molecule has 2 aromatic heterocycles. The molecule has 1 aliphatic rings. The number of aromatic nitrogens is 2. The zero-order valence-electron chi connectivity index (χ0n) is 20.9. The molecule has 0 spiro atoms. The zero-order chi connectivity index (χ0) is 25.9. The van der Waals surface area contributed by atoms with E-state index in [-0.39, 0.29) is 35.4 Å². The zero-order valence-corrected chi connectivity index (χ0v) is 22.5. The molecular formula is C28H28N4O3S2. The van der Waals surface area contributed by atoms with Crippen molar-refractivity contribution in [3.8, 4) is 22.7 Å². The number of carbonyl (C=O) groups excluding carboxylic acids is 2. The molecule has 1 aliphatic heterocycles. The van der Waals surface area contributed by atoms with Crippen LogP contribution < -0.4 is 15.0 Å². The van der Waals surface area contributed by atoms with E-state index in [1.54, 1.807) is 39.8 Å². The van der Waals surface area contributed by atoms with Gasteiger partial charge in [-0.15, -0.1) is 11.8 Å². The van der Waals surface area contributed by atoms with Crippen LogP contribution in [-0.4, -0.2) is 47.0 Å². The first-order valence-electron chi connectivity index (χ1n) is 12.0. The van der Waals surface area contributed by atoms with Crippen LogP contribution in [0.15, 0.2) is 71.4 Å². The van der Waals surface area contributed by atoms with E-state index in [0.29, 0.717) is 5.82 Å². The Bertz CT molecular complexity index is 1380. The molecule has 1 atom stereocenters. The maximum absolute atomic E-state index is 13.6. The summed E-state index contributed by atoms with van der Waals surface area (Å²) in [5.74, 6) is 1.26. The minimum atomic E-state index is -0.211. The lowest BCUT2D eigenvalue weighted by molar-refractivity contribution is -0.123. The Kier molecular flexibility index (Phi) is 7.34. The summed E-state index contributed by atoms with van der Waals surface area (Å²) < 4.78 is 7.15. The van der Waals surface area contributed by atoms with Crippen LogP contribution in [0, 0.1) is 0 Å². The predicted octanol–water partition coefficient (Wildman–Crippen LogP) is 5.30. The van der Waals surface area contributed by atoms with Crippen LogP contribution in [0.2, 0.25) is 0 Å². The van der Waals surface area contributed by atoms with Gasteiger partial charge < -0.3 is 10.1 Å². The summed E-state index contributed by atoms with van der Waals surface area (Å²) in [6.07, 6.45) is 0. The second-order valence-corrected chi connectivity index (χ2v) is 10.9. The third-order valence-electron chi connectivity index (χ3n) is 6.05. The first-order valence-corrected chi connectivity index (χ1v) is 14.0. The lowest BCUT2D eigenvalue weighted by atomic mass is 10.0. The average Bonchev–Trinajstić information content (AvgIpc) is 3.54. The van der Waals surface area contributed by atoms with Crippen molar-refractivity contribution in [3.63, 3.8) is 0 Å². The lowest BCUT2D eigenvalue weighted by Crippen LogP contribution is -2.44. The van der Waals surface area contributed by atoms with Crippen LogP contribution in [0.3, 0.4) is 0 Å². The number of fused-ring (bicyclic) bond motifs is 1. The van der Waals surface area contributed by atoms with E-state index in [2.05, 4.69) is 16.8 Å². The van der Waals surface area contributed by atoms with Gasteiger partial charge in [0, 0.05) is 17.2 Å². The van der Waals surface area contributed by atoms with Gasteiger partial charge in [0.05, 0.1) is 29.5 Å². The molecule has 2 amide bonds. The summed E-state index contributed by atoms with van der Waals surface area (Å²) in [6, 6.07) is 19.6. The van der Waals surface area contributed by atoms with Crippen LogP contribution in [0.25, 0.3) is 16.9 Å². The molecule has 5 rings (SSSR count). The summed E-state index contributed by atoms with van der Waals surface area (Å²) in [6.45, 7) is 3.73. The molecule has 0 saturated heterocycles. The van der Waals surface area contributed by atoms with E-state index in [4.69, 9.17) is 9.84 Å². The molecule has 0 radical (unpaired) electrons. The third-order valence-corrected chi connectivity index (χ3v) is 8.01. The minimum Gasteiger partial charge on any atom is -0.497 e. The number of anilines is 1. The Balaban J connectivity index is 1.77. The van der Waals surface area contributed by atoms with Gasteiger partial charge >= 0.3 is 0 Å². The molecule has 4 aromatic rings. The first kappa shape index (κ1) is 25.1. The Morgan fingerprint density at radius 2 is 1.89 bits per heavy atom. The van der Waals surface area contributed by atoms with Gasteiger partial charge in [-0.2, -0.15) is 16.4 Å². The topological polar surface area (TPSA) is 76.5 Å². The van der Waals surface area contributed by atoms with Gasteiger partial charge in [-0.1, -0.05) is 30.3 Å². The number of hydrogen-bond donors (Lipinski definition) is 1. The van der Waals surface area contributed by atoms with E-state index < -0.39 is 0 Å². The van der Waals surface area contributed by atoms with Gasteiger partial charge in [0.15, 0.2) is 0 Å². The molecule has 37 heavy (non-hydrogen) atoms. The molecule has 0 fully saturated rings. The highest BCUT2D eigenvalue weighted by atomic mass is 32.2. The van der Waals surface area contributed by atoms with Gasteiger partial charge in [-0.3, -0.25) is 14.5 Å². The SMILES string of the molecule is COc1ccc(-n2nc(-c3ccccc3)c3c2N(CC(=O)NC(C)C)C(=O)CSC3c2ccsc2)cc1. The Morgan fingerprint density at radius 1 is 1.14 bits per heavy atom. The Hall–Kier alpha value is -3.56. The van der Waals surface area contributed by atoms with Crippen molar-refractivity contribution >= 4 is 40.7 Å². The monoisotopic (exact) mass is 532 g/mol. The summed E-state index contributed by atoms with van der Waals surface area (Å²) in [5.41, 5.74) is 4.56. The largest absolute Gasteiger partial charge is 0.497 e. The molecule has 2 aromatic carbocycles. The highest BCUT2D eigenvalue weighted by Crippen LogP contribution is 2.48. The fourth-order valence-electron chi connectivity index (χ4n) is 4.43. The molecule has 1 N–H and O–H groups in total. The molecule has 0 aliphatic carbocycles. The standard InChI is InChI=1S/C28H28N4O3S2/c1-18(2)29-23(33)15-31-24(34)17-37-27(20-13-14-36-16-20)25-26(19-7-5-4-6-8-19)30-32(28(25)31)21-9-11-22(35-3)12-10-21/h4-14,16,18,27H,15,17H2,1-3H3,(H,29,33). The van der Waals surface area contributed by atoms with E-state index in [0.717, 1.165) is 33.8 Å². The van der Waals surface area contributed by atoms with Crippen molar-refractivity contribution in [1.82, 2.24) is 15.1 Å². The van der Waals surface area contributed by atoms with Crippen molar-refractivity contribution in [2.75, 3.05) is 24.3 Å².